The van der Waals surface area contributed by atoms with Gasteiger partial charge in [0.25, 0.3) is 0 Å². The molecule has 3 heteroatoms. The molecule has 0 spiro atoms. The van der Waals surface area contributed by atoms with Gasteiger partial charge in [-0.25, -0.2) is 0 Å². The molecule has 0 aromatic heterocycles. The lowest BCUT2D eigenvalue weighted by Gasteiger charge is -2.16. The van der Waals surface area contributed by atoms with E-state index in [0.29, 0.717) is 0 Å². The minimum atomic E-state index is -1.19. The van der Waals surface area contributed by atoms with Crippen molar-refractivity contribution in [2.24, 2.45) is 5.73 Å². The Balaban J connectivity index is 4.36. The highest BCUT2D eigenvalue weighted by Gasteiger charge is 2.17. The predicted molar refractivity (Wildman–Crippen MR) is 55.7 cm³/mol. The second-order valence-corrected chi connectivity index (χ2v) is 9.71. The average Bonchev–Trinajstić information content (AvgIpc) is 1.83. The van der Waals surface area contributed by atoms with Gasteiger partial charge in [0.2, 0.25) is 5.91 Å². The van der Waals surface area contributed by atoms with Gasteiger partial charge in [0.1, 0.15) is 0 Å². The van der Waals surface area contributed by atoms with E-state index < -0.39 is 8.07 Å². The molecule has 1 amide bonds. The fourth-order valence-corrected chi connectivity index (χ4v) is 2.54. The number of carbonyl (C=O) groups is 1. The Morgan fingerprint density at radius 2 is 1.92 bits per heavy atom. The summed E-state index contributed by atoms with van der Waals surface area (Å²) in [5.41, 5.74) is 6.06. The smallest absolute Gasteiger partial charge is 0.244 e. The number of carbonyl (C=O) groups excluding carboxylic acids is 1. The number of hydrogen-bond donors (Lipinski definition) is 1. The van der Waals surface area contributed by atoms with Gasteiger partial charge in [-0.3, -0.25) is 4.79 Å². The van der Waals surface area contributed by atoms with E-state index in [1.807, 2.05) is 13.0 Å². The first-order chi connectivity index (χ1) is 5.37. The molecule has 0 unspecified atom stereocenters. The standard InChI is InChI=1S/C9H19NOSi/c1-5-6-8(9(10)11)7-12(2,3)4/h6H,5,7H2,1-4H3,(H2,10,11). The molecule has 0 heterocycles. The number of rotatable bonds is 4. The molecule has 0 saturated carbocycles. The molecule has 0 radical (unpaired) electrons. The van der Waals surface area contributed by atoms with Gasteiger partial charge in [0, 0.05) is 13.6 Å². The summed E-state index contributed by atoms with van der Waals surface area (Å²) in [6.45, 7) is 8.73. The van der Waals surface area contributed by atoms with Crippen LogP contribution in [0.25, 0.3) is 0 Å². The molecule has 0 aromatic carbocycles. The summed E-state index contributed by atoms with van der Waals surface area (Å²) in [5.74, 6) is -0.251. The van der Waals surface area contributed by atoms with E-state index in [4.69, 9.17) is 5.73 Å². The molecule has 0 rings (SSSR count). The van der Waals surface area contributed by atoms with E-state index in [9.17, 15) is 4.79 Å². The first-order valence-corrected chi connectivity index (χ1v) is 8.06. The van der Waals surface area contributed by atoms with Crippen LogP contribution in [-0.4, -0.2) is 14.0 Å². The van der Waals surface area contributed by atoms with E-state index in [2.05, 4.69) is 19.6 Å². The monoisotopic (exact) mass is 185 g/mol. The predicted octanol–water partition coefficient (Wildman–Crippen LogP) is 2.15. The Morgan fingerprint density at radius 3 is 2.17 bits per heavy atom. The minimum absolute atomic E-state index is 0.251. The fourth-order valence-electron chi connectivity index (χ4n) is 1.08. The zero-order chi connectivity index (χ0) is 9.78. The highest BCUT2D eigenvalue weighted by molar-refractivity contribution is 6.77. The molecule has 0 aromatic rings. The van der Waals surface area contributed by atoms with Crippen LogP contribution < -0.4 is 5.73 Å². The van der Waals surface area contributed by atoms with Crippen molar-refractivity contribution < 1.29 is 4.79 Å². The molecule has 0 saturated heterocycles. The van der Waals surface area contributed by atoms with Crippen LogP contribution in [-0.2, 0) is 4.79 Å². The molecule has 70 valence electrons. The molecule has 2 nitrogen and oxygen atoms in total. The van der Waals surface area contributed by atoms with E-state index >= 15 is 0 Å². The molecular formula is C9H19NOSi. The third-order valence-electron chi connectivity index (χ3n) is 1.49. The molecule has 0 aliphatic rings. The van der Waals surface area contributed by atoms with E-state index in [0.717, 1.165) is 18.0 Å². The van der Waals surface area contributed by atoms with Crippen molar-refractivity contribution >= 4 is 14.0 Å². The minimum Gasteiger partial charge on any atom is -0.366 e. The van der Waals surface area contributed by atoms with Gasteiger partial charge in [0.05, 0.1) is 0 Å². The lowest BCUT2D eigenvalue weighted by Crippen LogP contribution is -2.25. The Morgan fingerprint density at radius 1 is 1.42 bits per heavy atom. The average molecular weight is 185 g/mol. The van der Waals surface area contributed by atoms with Gasteiger partial charge in [-0.15, -0.1) is 0 Å². The molecule has 0 aliphatic carbocycles. The normalized spacial score (nSPS) is 13.2. The number of amides is 1. The summed E-state index contributed by atoms with van der Waals surface area (Å²) in [4.78, 5) is 10.9. The van der Waals surface area contributed by atoms with Crippen LogP contribution in [0.1, 0.15) is 13.3 Å². The van der Waals surface area contributed by atoms with Gasteiger partial charge < -0.3 is 5.73 Å². The summed E-state index contributed by atoms with van der Waals surface area (Å²) >= 11 is 0. The van der Waals surface area contributed by atoms with Crippen LogP contribution in [0.3, 0.4) is 0 Å². The highest BCUT2D eigenvalue weighted by atomic mass is 28.3. The Kier molecular flexibility index (Phi) is 4.24. The van der Waals surface area contributed by atoms with E-state index in [1.54, 1.807) is 0 Å². The van der Waals surface area contributed by atoms with Crippen molar-refractivity contribution in [1.29, 1.82) is 0 Å². The van der Waals surface area contributed by atoms with Crippen LogP contribution in [0.5, 0.6) is 0 Å². The molecule has 0 atom stereocenters. The lowest BCUT2D eigenvalue weighted by molar-refractivity contribution is -0.114. The fraction of sp³-hybridized carbons (Fsp3) is 0.667. The zero-order valence-corrected chi connectivity index (χ0v) is 9.48. The van der Waals surface area contributed by atoms with Gasteiger partial charge in [-0.2, -0.15) is 0 Å². The maximum absolute atomic E-state index is 10.9. The largest absolute Gasteiger partial charge is 0.366 e. The van der Waals surface area contributed by atoms with Crippen molar-refractivity contribution in [3.05, 3.63) is 11.6 Å². The summed E-state index contributed by atoms with van der Waals surface area (Å²) in [7, 11) is -1.19. The third-order valence-corrected chi connectivity index (χ3v) is 2.93. The van der Waals surface area contributed by atoms with Crippen molar-refractivity contribution in [2.75, 3.05) is 0 Å². The first-order valence-electron chi connectivity index (χ1n) is 4.35. The SMILES string of the molecule is CCC=C(C[Si](C)(C)C)C(N)=O. The lowest BCUT2D eigenvalue weighted by atomic mass is 10.2. The summed E-state index contributed by atoms with van der Waals surface area (Å²) in [6, 6.07) is 0.899. The Hall–Kier alpha value is -0.573. The Labute approximate surface area is 75.9 Å². The summed E-state index contributed by atoms with van der Waals surface area (Å²) in [5, 5.41) is 0. The second kappa shape index (κ2) is 4.45. The number of nitrogens with two attached hydrogens (primary N) is 1. The number of primary amides is 1. The van der Waals surface area contributed by atoms with E-state index in [-0.39, 0.29) is 5.91 Å². The third kappa shape index (κ3) is 5.13. The van der Waals surface area contributed by atoms with Crippen molar-refractivity contribution in [2.45, 2.75) is 39.0 Å². The molecule has 0 bridgehead atoms. The van der Waals surface area contributed by atoms with Gasteiger partial charge in [-0.1, -0.05) is 32.6 Å². The van der Waals surface area contributed by atoms with E-state index in [1.165, 1.54) is 0 Å². The maximum Gasteiger partial charge on any atom is 0.244 e. The van der Waals surface area contributed by atoms with Crippen LogP contribution in [0.2, 0.25) is 25.7 Å². The first kappa shape index (κ1) is 11.4. The summed E-state index contributed by atoms with van der Waals surface area (Å²) < 4.78 is 0. The molecular weight excluding hydrogens is 166 g/mol. The Bertz CT molecular complexity index is 191. The van der Waals surface area contributed by atoms with Gasteiger partial charge >= 0.3 is 0 Å². The van der Waals surface area contributed by atoms with Crippen molar-refractivity contribution in [1.82, 2.24) is 0 Å². The molecule has 2 N–H and O–H groups in total. The second-order valence-electron chi connectivity index (χ2n) is 4.24. The van der Waals surface area contributed by atoms with Gasteiger partial charge in [0.15, 0.2) is 0 Å². The van der Waals surface area contributed by atoms with Crippen LogP contribution >= 0.6 is 0 Å². The van der Waals surface area contributed by atoms with Crippen molar-refractivity contribution in [3.63, 3.8) is 0 Å². The van der Waals surface area contributed by atoms with Gasteiger partial charge in [-0.05, 0) is 12.5 Å². The number of hydrogen-bond acceptors (Lipinski definition) is 1. The molecule has 0 aliphatic heterocycles. The molecule has 12 heavy (non-hydrogen) atoms. The zero-order valence-electron chi connectivity index (χ0n) is 8.48. The van der Waals surface area contributed by atoms with Crippen LogP contribution in [0.15, 0.2) is 11.6 Å². The summed E-state index contributed by atoms with van der Waals surface area (Å²) in [6.07, 6.45) is 2.84. The van der Waals surface area contributed by atoms with Crippen LogP contribution in [0.4, 0.5) is 0 Å². The van der Waals surface area contributed by atoms with Crippen molar-refractivity contribution in [3.8, 4) is 0 Å². The number of allylic oxidation sites excluding steroid dienone is 1. The maximum atomic E-state index is 10.9. The van der Waals surface area contributed by atoms with Crippen LogP contribution in [0, 0.1) is 0 Å². The quantitative estimate of drug-likeness (QED) is 0.529. The topological polar surface area (TPSA) is 43.1 Å². The molecule has 0 fully saturated rings. The highest BCUT2D eigenvalue weighted by Crippen LogP contribution is 2.16.